The molecule has 0 saturated heterocycles. The molecule has 0 aliphatic heterocycles. The summed E-state index contributed by atoms with van der Waals surface area (Å²) in [5.74, 6) is -0.551. The third-order valence-electron chi connectivity index (χ3n) is 2.75. The molecule has 1 aromatic carbocycles. The number of benzene rings is 1. The Hall–Kier alpha value is -1.90. The molecule has 1 heterocycles. The Morgan fingerprint density at radius 2 is 1.95 bits per heavy atom. The number of halogens is 1. The first-order chi connectivity index (χ1) is 10.4. The van der Waals surface area contributed by atoms with Crippen molar-refractivity contribution in [1.82, 2.24) is 14.8 Å². The number of carbonyl (C=O) groups is 1. The van der Waals surface area contributed by atoms with Gasteiger partial charge < -0.3 is 4.57 Å². The molecule has 0 atom stereocenters. The molecule has 0 bridgehead atoms. The van der Waals surface area contributed by atoms with Crippen molar-refractivity contribution in [2.45, 2.75) is 0 Å². The molecule has 0 aliphatic carbocycles. The lowest BCUT2D eigenvalue weighted by Crippen LogP contribution is -2.41. The van der Waals surface area contributed by atoms with E-state index >= 15 is 0 Å². The summed E-state index contributed by atoms with van der Waals surface area (Å²) in [7, 11) is -2.09. The van der Waals surface area contributed by atoms with Crippen LogP contribution >= 0.6 is 15.9 Å². The summed E-state index contributed by atoms with van der Waals surface area (Å²) in [6.07, 6.45) is 3.13. The van der Waals surface area contributed by atoms with E-state index in [0.29, 0.717) is 5.69 Å². The minimum Gasteiger partial charge on any atom is -0.345 e. The van der Waals surface area contributed by atoms with Crippen LogP contribution in [0.5, 0.6) is 0 Å². The van der Waals surface area contributed by atoms with Crippen LogP contribution in [0.1, 0.15) is 16.1 Å². The fraction of sp³-hybridized carbons (Fsp3) is 0.0714. The van der Waals surface area contributed by atoms with Gasteiger partial charge in [-0.1, -0.05) is 30.3 Å². The molecule has 1 amide bonds. The third-order valence-corrected chi connectivity index (χ3v) is 4.06. The third kappa shape index (κ3) is 4.55. The van der Waals surface area contributed by atoms with Crippen LogP contribution in [0.4, 0.5) is 0 Å². The van der Waals surface area contributed by atoms with Crippen molar-refractivity contribution in [3.05, 3.63) is 63.7 Å². The van der Waals surface area contributed by atoms with Gasteiger partial charge in [-0.05, 0) is 33.6 Å². The van der Waals surface area contributed by atoms with Gasteiger partial charge in [0.1, 0.15) is 5.69 Å². The first-order valence-corrected chi connectivity index (χ1v) is 8.58. The number of rotatable bonds is 5. The first-order valence-electron chi connectivity index (χ1n) is 6.24. The number of sulfonamides is 1. The quantitative estimate of drug-likeness (QED) is 0.775. The number of aromatic nitrogens is 1. The van der Waals surface area contributed by atoms with Gasteiger partial charge in [-0.25, -0.2) is 8.42 Å². The van der Waals surface area contributed by atoms with Crippen molar-refractivity contribution in [3.8, 4) is 0 Å². The Kier molecular flexibility index (Phi) is 5.17. The maximum Gasteiger partial charge on any atom is 0.282 e. The van der Waals surface area contributed by atoms with E-state index in [-0.39, 0.29) is 0 Å². The summed E-state index contributed by atoms with van der Waals surface area (Å²) in [5.41, 5.74) is 3.22. The van der Waals surface area contributed by atoms with Gasteiger partial charge in [-0.3, -0.25) is 10.2 Å². The van der Waals surface area contributed by atoms with Crippen LogP contribution in [0.2, 0.25) is 0 Å². The monoisotopic (exact) mass is 383 g/mol. The Morgan fingerprint density at radius 3 is 2.55 bits per heavy atom. The molecule has 1 aromatic heterocycles. The molecule has 0 radical (unpaired) electrons. The van der Waals surface area contributed by atoms with Gasteiger partial charge in [-0.2, -0.15) is 0 Å². The van der Waals surface area contributed by atoms with Crippen LogP contribution in [0.25, 0.3) is 6.08 Å². The number of carbonyl (C=O) groups excluding carboxylic acids is 1. The largest absolute Gasteiger partial charge is 0.345 e. The molecule has 2 rings (SSSR count). The van der Waals surface area contributed by atoms with Crippen molar-refractivity contribution in [2.24, 2.45) is 7.05 Å². The summed E-state index contributed by atoms with van der Waals surface area (Å²) in [6.45, 7) is 0. The van der Waals surface area contributed by atoms with Gasteiger partial charge in [0, 0.05) is 23.1 Å². The second-order valence-corrected chi connectivity index (χ2v) is 6.95. The average molecular weight is 384 g/mol. The molecule has 0 spiro atoms. The van der Waals surface area contributed by atoms with Crippen molar-refractivity contribution < 1.29 is 13.2 Å². The van der Waals surface area contributed by atoms with E-state index in [1.165, 1.54) is 6.08 Å². The van der Waals surface area contributed by atoms with E-state index in [1.807, 2.05) is 10.9 Å². The molecule has 0 saturated carbocycles. The zero-order valence-corrected chi connectivity index (χ0v) is 14.1. The number of aryl methyl sites for hydroxylation is 1. The van der Waals surface area contributed by atoms with Crippen molar-refractivity contribution >= 4 is 37.9 Å². The smallest absolute Gasteiger partial charge is 0.282 e. The standard InChI is InChI=1S/C14H14BrN3O3S/c1-18-10-12(15)9-13(18)14(19)16-17-22(20,21)8-7-11-5-3-2-4-6-11/h2-10,17H,1H3,(H,16,19). The SMILES string of the molecule is Cn1cc(Br)cc1C(=O)NNS(=O)(=O)C=Cc1ccccc1. The summed E-state index contributed by atoms with van der Waals surface area (Å²) in [4.78, 5) is 13.9. The van der Waals surface area contributed by atoms with Crippen LogP contribution in [-0.4, -0.2) is 18.9 Å². The normalized spacial score (nSPS) is 11.7. The molecule has 6 nitrogen and oxygen atoms in total. The molecular formula is C14H14BrN3O3S. The van der Waals surface area contributed by atoms with Crippen LogP contribution in [-0.2, 0) is 17.1 Å². The van der Waals surface area contributed by atoms with Gasteiger partial charge in [0.2, 0.25) is 0 Å². The zero-order chi connectivity index (χ0) is 16.2. The Morgan fingerprint density at radius 1 is 1.27 bits per heavy atom. The predicted octanol–water partition coefficient (Wildman–Crippen LogP) is 2.02. The highest BCUT2D eigenvalue weighted by Crippen LogP contribution is 2.13. The lowest BCUT2D eigenvalue weighted by atomic mass is 10.2. The maximum atomic E-state index is 11.9. The summed E-state index contributed by atoms with van der Waals surface area (Å²) in [5, 5.41) is 0.990. The van der Waals surface area contributed by atoms with Crippen LogP contribution in [0.3, 0.4) is 0 Å². The minimum absolute atomic E-state index is 0.321. The van der Waals surface area contributed by atoms with Gasteiger partial charge in [0.15, 0.2) is 0 Å². The Bertz CT molecular complexity index is 798. The number of hydrogen-bond donors (Lipinski definition) is 2. The summed E-state index contributed by atoms with van der Waals surface area (Å²) in [6, 6.07) is 10.6. The maximum absolute atomic E-state index is 11.9. The van der Waals surface area contributed by atoms with Crippen LogP contribution in [0, 0.1) is 0 Å². The van der Waals surface area contributed by atoms with Crippen molar-refractivity contribution in [2.75, 3.05) is 0 Å². The number of hydrogen-bond acceptors (Lipinski definition) is 3. The van der Waals surface area contributed by atoms with Crippen LogP contribution in [0.15, 0.2) is 52.5 Å². The molecule has 8 heteroatoms. The molecule has 2 aromatic rings. The number of amides is 1. The molecule has 22 heavy (non-hydrogen) atoms. The van der Waals surface area contributed by atoms with Crippen LogP contribution < -0.4 is 10.3 Å². The lowest BCUT2D eigenvalue weighted by Gasteiger charge is -2.06. The molecule has 0 fully saturated rings. The highest BCUT2D eigenvalue weighted by Gasteiger charge is 2.13. The number of nitrogens with zero attached hydrogens (tertiary/aromatic N) is 1. The second kappa shape index (κ2) is 6.91. The number of nitrogens with one attached hydrogen (secondary N) is 2. The minimum atomic E-state index is -3.77. The van der Waals surface area contributed by atoms with Gasteiger partial charge in [-0.15, -0.1) is 4.83 Å². The van der Waals surface area contributed by atoms with Gasteiger partial charge in [0.05, 0.1) is 0 Å². The van der Waals surface area contributed by atoms with E-state index in [9.17, 15) is 13.2 Å². The fourth-order valence-corrected chi connectivity index (χ4v) is 2.86. The molecule has 0 aliphatic rings. The molecule has 116 valence electrons. The number of hydrazine groups is 1. The topological polar surface area (TPSA) is 80.2 Å². The van der Waals surface area contributed by atoms with Crippen molar-refractivity contribution in [3.63, 3.8) is 0 Å². The van der Waals surface area contributed by atoms with E-state index in [1.54, 1.807) is 48.1 Å². The Labute approximate surface area is 137 Å². The molecule has 2 N–H and O–H groups in total. The molecule has 0 unspecified atom stereocenters. The Balaban J connectivity index is 1.99. The first kappa shape index (κ1) is 16.5. The predicted molar refractivity (Wildman–Crippen MR) is 88.1 cm³/mol. The molecular weight excluding hydrogens is 370 g/mol. The van der Waals surface area contributed by atoms with E-state index < -0.39 is 15.9 Å². The van der Waals surface area contributed by atoms with E-state index in [2.05, 4.69) is 21.4 Å². The fourth-order valence-electron chi connectivity index (χ4n) is 1.70. The van der Waals surface area contributed by atoms with Gasteiger partial charge in [0.25, 0.3) is 15.9 Å². The second-order valence-electron chi connectivity index (χ2n) is 4.47. The van der Waals surface area contributed by atoms with Gasteiger partial charge >= 0.3 is 0 Å². The summed E-state index contributed by atoms with van der Waals surface area (Å²) < 4.78 is 25.9. The highest BCUT2D eigenvalue weighted by molar-refractivity contribution is 9.10. The highest BCUT2D eigenvalue weighted by atomic mass is 79.9. The lowest BCUT2D eigenvalue weighted by molar-refractivity contribution is 0.0937. The zero-order valence-electron chi connectivity index (χ0n) is 11.7. The van der Waals surface area contributed by atoms with E-state index in [4.69, 9.17) is 0 Å². The average Bonchev–Trinajstić information content (AvgIpc) is 2.83. The van der Waals surface area contributed by atoms with Crippen molar-refractivity contribution in [1.29, 1.82) is 0 Å². The van der Waals surface area contributed by atoms with E-state index in [0.717, 1.165) is 15.4 Å². The summed E-state index contributed by atoms with van der Waals surface area (Å²) >= 11 is 3.24.